The van der Waals surface area contributed by atoms with Gasteiger partial charge in [0.25, 0.3) is 0 Å². The Bertz CT molecular complexity index is 593. The number of methoxy groups -OCH3 is 1. The molecule has 0 bridgehead atoms. The summed E-state index contributed by atoms with van der Waals surface area (Å²) in [6.45, 7) is 5.85. The van der Waals surface area contributed by atoms with E-state index >= 15 is 0 Å². The Hall–Kier alpha value is -1.87. The summed E-state index contributed by atoms with van der Waals surface area (Å²) in [7, 11) is 1.61. The highest BCUT2D eigenvalue weighted by molar-refractivity contribution is 5.43. The second kappa shape index (κ2) is 5.41. The number of aliphatic hydroxyl groups is 1. The third kappa shape index (κ3) is 2.76. The summed E-state index contributed by atoms with van der Waals surface area (Å²) in [4.78, 5) is 4.40. The largest absolute Gasteiger partial charge is 0.496 e. The van der Waals surface area contributed by atoms with Crippen LogP contribution in [0.25, 0.3) is 0 Å². The lowest BCUT2D eigenvalue weighted by Crippen LogP contribution is -2.06. The van der Waals surface area contributed by atoms with Gasteiger partial charge in [0.2, 0.25) is 0 Å². The average Bonchev–Trinajstić information content (AvgIpc) is 2.38. The SMILES string of the molecule is COc1ccc(C)cc1C(O)c1ccc(C)nc1C. The lowest BCUT2D eigenvalue weighted by atomic mass is 9.98. The van der Waals surface area contributed by atoms with E-state index in [4.69, 9.17) is 4.74 Å². The first-order chi connectivity index (χ1) is 9.02. The first-order valence-electron chi connectivity index (χ1n) is 6.29. The van der Waals surface area contributed by atoms with Gasteiger partial charge >= 0.3 is 0 Å². The summed E-state index contributed by atoms with van der Waals surface area (Å²) in [5, 5.41) is 10.6. The molecule has 3 heteroatoms. The summed E-state index contributed by atoms with van der Waals surface area (Å²) in [5.74, 6) is 0.693. The number of aliphatic hydroxyl groups excluding tert-OH is 1. The highest BCUT2D eigenvalue weighted by Gasteiger charge is 2.18. The van der Waals surface area contributed by atoms with Gasteiger partial charge < -0.3 is 9.84 Å². The molecule has 0 radical (unpaired) electrons. The van der Waals surface area contributed by atoms with Crippen molar-refractivity contribution in [3.8, 4) is 5.75 Å². The van der Waals surface area contributed by atoms with E-state index < -0.39 is 6.10 Å². The number of nitrogens with zero attached hydrogens (tertiary/aromatic N) is 1. The Morgan fingerprint density at radius 2 is 1.79 bits per heavy atom. The molecular formula is C16H19NO2. The van der Waals surface area contributed by atoms with E-state index in [9.17, 15) is 5.11 Å². The molecule has 0 spiro atoms. The second-order valence-electron chi connectivity index (χ2n) is 4.78. The molecule has 0 fully saturated rings. The van der Waals surface area contributed by atoms with Crippen molar-refractivity contribution >= 4 is 0 Å². The molecule has 0 saturated carbocycles. The van der Waals surface area contributed by atoms with Crippen LogP contribution in [0.5, 0.6) is 5.75 Å². The van der Waals surface area contributed by atoms with Crippen molar-refractivity contribution in [3.63, 3.8) is 0 Å². The standard InChI is InChI=1S/C16H19NO2/c1-10-5-8-15(19-4)14(9-10)16(18)13-7-6-11(2)17-12(13)3/h5-9,16,18H,1-4H3. The molecule has 1 unspecified atom stereocenters. The van der Waals surface area contributed by atoms with Crippen LogP contribution < -0.4 is 4.74 Å². The minimum absolute atomic E-state index is 0.693. The van der Waals surface area contributed by atoms with Crippen LogP contribution in [0.15, 0.2) is 30.3 Å². The van der Waals surface area contributed by atoms with Crippen molar-refractivity contribution in [3.05, 3.63) is 58.4 Å². The van der Waals surface area contributed by atoms with Crippen molar-refractivity contribution in [1.82, 2.24) is 4.98 Å². The Kier molecular flexibility index (Phi) is 3.86. The molecule has 0 amide bonds. The number of aryl methyl sites for hydroxylation is 3. The van der Waals surface area contributed by atoms with Gasteiger partial charge in [-0.2, -0.15) is 0 Å². The number of ether oxygens (including phenoxy) is 1. The molecule has 1 heterocycles. The van der Waals surface area contributed by atoms with Gasteiger partial charge in [0.05, 0.1) is 7.11 Å². The number of pyridine rings is 1. The number of hydrogen-bond donors (Lipinski definition) is 1. The molecule has 1 N–H and O–H groups in total. The summed E-state index contributed by atoms with van der Waals surface area (Å²) in [5.41, 5.74) is 4.47. The molecule has 100 valence electrons. The van der Waals surface area contributed by atoms with Crippen LogP contribution in [-0.2, 0) is 0 Å². The van der Waals surface area contributed by atoms with Crippen LogP contribution in [0, 0.1) is 20.8 Å². The van der Waals surface area contributed by atoms with Crippen LogP contribution in [0.1, 0.15) is 34.2 Å². The van der Waals surface area contributed by atoms with E-state index in [0.717, 1.165) is 28.1 Å². The molecule has 0 saturated heterocycles. The maximum Gasteiger partial charge on any atom is 0.125 e. The quantitative estimate of drug-likeness (QED) is 0.918. The summed E-state index contributed by atoms with van der Waals surface area (Å²) >= 11 is 0. The summed E-state index contributed by atoms with van der Waals surface area (Å²) < 4.78 is 5.33. The molecule has 0 aliphatic heterocycles. The minimum atomic E-state index is -0.719. The number of hydrogen-bond acceptors (Lipinski definition) is 3. The zero-order chi connectivity index (χ0) is 14.0. The zero-order valence-electron chi connectivity index (χ0n) is 11.8. The maximum atomic E-state index is 10.6. The van der Waals surface area contributed by atoms with Crippen LogP contribution >= 0.6 is 0 Å². The molecule has 2 rings (SSSR count). The minimum Gasteiger partial charge on any atom is -0.496 e. The lowest BCUT2D eigenvalue weighted by molar-refractivity contribution is 0.213. The van der Waals surface area contributed by atoms with Crippen LogP contribution in [0.4, 0.5) is 0 Å². The van der Waals surface area contributed by atoms with Crippen LogP contribution in [0.2, 0.25) is 0 Å². The van der Waals surface area contributed by atoms with Crippen molar-refractivity contribution in [2.75, 3.05) is 7.11 Å². The fourth-order valence-corrected chi connectivity index (χ4v) is 2.22. The normalized spacial score (nSPS) is 12.3. The van der Waals surface area contributed by atoms with E-state index in [1.807, 2.05) is 51.1 Å². The molecule has 1 atom stereocenters. The highest BCUT2D eigenvalue weighted by Crippen LogP contribution is 2.31. The van der Waals surface area contributed by atoms with Crippen LogP contribution in [0.3, 0.4) is 0 Å². The lowest BCUT2D eigenvalue weighted by Gasteiger charge is -2.17. The van der Waals surface area contributed by atoms with Crippen molar-refractivity contribution in [2.45, 2.75) is 26.9 Å². The fourth-order valence-electron chi connectivity index (χ4n) is 2.22. The topological polar surface area (TPSA) is 42.4 Å². The van der Waals surface area contributed by atoms with Gasteiger partial charge in [-0.15, -0.1) is 0 Å². The first kappa shape index (κ1) is 13.6. The Labute approximate surface area is 113 Å². The third-order valence-corrected chi connectivity index (χ3v) is 3.24. The molecule has 2 aromatic rings. The molecule has 0 aliphatic rings. The maximum absolute atomic E-state index is 10.6. The van der Waals surface area contributed by atoms with E-state index in [2.05, 4.69) is 4.98 Å². The van der Waals surface area contributed by atoms with Gasteiger partial charge in [-0.05, 0) is 39.0 Å². The molecular weight excluding hydrogens is 238 g/mol. The Morgan fingerprint density at radius 1 is 1.05 bits per heavy atom. The first-order valence-corrected chi connectivity index (χ1v) is 6.29. The van der Waals surface area contributed by atoms with Gasteiger partial charge in [0, 0.05) is 22.5 Å². The van der Waals surface area contributed by atoms with Gasteiger partial charge in [-0.3, -0.25) is 4.98 Å². The fraction of sp³-hybridized carbons (Fsp3) is 0.312. The van der Waals surface area contributed by atoms with E-state index in [1.165, 1.54) is 0 Å². The third-order valence-electron chi connectivity index (χ3n) is 3.24. The molecule has 19 heavy (non-hydrogen) atoms. The average molecular weight is 257 g/mol. The molecule has 0 aliphatic carbocycles. The zero-order valence-corrected chi connectivity index (χ0v) is 11.8. The Balaban J connectivity index is 2.49. The number of aromatic nitrogens is 1. The summed E-state index contributed by atoms with van der Waals surface area (Å²) in [6.07, 6.45) is -0.719. The molecule has 1 aromatic heterocycles. The van der Waals surface area contributed by atoms with Gasteiger partial charge in [-0.1, -0.05) is 17.7 Å². The monoisotopic (exact) mass is 257 g/mol. The van der Waals surface area contributed by atoms with Crippen molar-refractivity contribution < 1.29 is 9.84 Å². The van der Waals surface area contributed by atoms with Gasteiger partial charge in [-0.25, -0.2) is 0 Å². The van der Waals surface area contributed by atoms with E-state index in [1.54, 1.807) is 7.11 Å². The van der Waals surface area contributed by atoms with Gasteiger partial charge in [0.15, 0.2) is 0 Å². The predicted molar refractivity (Wildman–Crippen MR) is 75.5 cm³/mol. The summed E-state index contributed by atoms with van der Waals surface area (Å²) in [6, 6.07) is 9.63. The second-order valence-corrected chi connectivity index (χ2v) is 4.78. The number of rotatable bonds is 3. The van der Waals surface area contributed by atoms with Crippen molar-refractivity contribution in [2.24, 2.45) is 0 Å². The van der Waals surface area contributed by atoms with Gasteiger partial charge in [0.1, 0.15) is 11.9 Å². The smallest absolute Gasteiger partial charge is 0.125 e. The molecule has 3 nitrogen and oxygen atoms in total. The highest BCUT2D eigenvalue weighted by atomic mass is 16.5. The van der Waals surface area contributed by atoms with Crippen molar-refractivity contribution in [1.29, 1.82) is 0 Å². The molecule has 1 aromatic carbocycles. The van der Waals surface area contributed by atoms with E-state index in [-0.39, 0.29) is 0 Å². The van der Waals surface area contributed by atoms with E-state index in [0.29, 0.717) is 5.75 Å². The predicted octanol–water partition coefficient (Wildman–Crippen LogP) is 3.10. The Morgan fingerprint density at radius 3 is 2.42 bits per heavy atom. The number of benzene rings is 1. The van der Waals surface area contributed by atoms with Crippen LogP contribution in [-0.4, -0.2) is 17.2 Å².